The van der Waals surface area contributed by atoms with Crippen LogP contribution in [0.25, 0.3) is 0 Å². The summed E-state index contributed by atoms with van der Waals surface area (Å²) in [7, 11) is 0. The van der Waals surface area contributed by atoms with Crippen molar-refractivity contribution in [3.05, 3.63) is 50.8 Å². The lowest BCUT2D eigenvalue weighted by molar-refractivity contribution is -0.393. The molecule has 0 amide bonds. The van der Waals surface area contributed by atoms with Gasteiger partial charge in [0, 0.05) is 12.5 Å². The molecule has 11 nitrogen and oxygen atoms in total. The van der Waals surface area contributed by atoms with E-state index in [0.717, 1.165) is 12.1 Å². The summed E-state index contributed by atoms with van der Waals surface area (Å²) in [5.41, 5.74) is -0.828. The summed E-state index contributed by atoms with van der Waals surface area (Å²) in [6.45, 7) is 1.80. The number of fused-ring (bicyclic) bond motifs is 1. The third kappa shape index (κ3) is 3.06. The van der Waals surface area contributed by atoms with Gasteiger partial charge in [0.15, 0.2) is 0 Å². The van der Waals surface area contributed by atoms with Crippen molar-refractivity contribution >= 4 is 28.7 Å². The quantitative estimate of drug-likeness (QED) is 0.440. The van der Waals surface area contributed by atoms with Crippen LogP contribution in [0, 0.1) is 20.2 Å². The molecule has 3 rings (SSSR count). The minimum atomic E-state index is -0.731. The summed E-state index contributed by atoms with van der Waals surface area (Å²) in [5.74, 6) is -0.643. The second kappa shape index (κ2) is 6.78. The van der Waals surface area contributed by atoms with E-state index in [1.165, 1.54) is 17.3 Å². The average Bonchev–Trinajstić information content (AvgIpc) is 3.09. The number of nitrogens with zero attached hydrogens (tertiary/aromatic N) is 4. The second-order valence-electron chi connectivity index (χ2n) is 5.50. The van der Waals surface area contributed by atoms with Crippen molar-refractivity contribution in [2.24, 2.45) is 5.10 Å². The zero-order chi connectivity index (χ0) is 18.8. The van der Waals surface area contributed by atoms with Gasteiger partial charge in [0.25, 0.3) is 5.69 Å². The lowest BCUT2D eigenvalue weighted by Gasteiger charge is -2.33. The van der Waals surface area contributed by atoms with Gasteiger partial charge in [-0.05, 0) is 19.1 Å². The number of anilines is 1. The van der Waals surface area contributed by atoms with E-state index < -0.39 is 39.3 Å². The van der Waals surface area contributed by atoms with Crippen LogP contribution in [0.3, 0.4) is 0 Å². The molecule has 0 unspecified atom stereocenters. The van der Waals surface area contributed by atoms with Gasteiger partial charge < -0.3 is 9.47 Å². The van der Waals surface area contributed by atoms with Crippen LogP contribution >= 0.6 is 0 Å². The average molecular weight is 362 g/mol. The molecule has 0 saturated heterocycles. The smallest absolute Gasteiger partial charge is 0.354 e. The molecule has 2 aliphatic rings. The lowest BCUT2D eigenvalue weighted by Crippen LogP contribution is -2.45. The Kier molecular flexibility index (Phi) is 4.52. The number of benzene rings is 1. The molecule has 0 spiro atoms. The zero-order valence-corrected chi connectivity index (χ0v) is 13.6. The van der Waals surface area contributed by atoms with Gasteiger partial charge in [0.2, 0.25) is 0 Å². The van der Waals surface area contributed by atoms with Gasteiger partial charge in [-0.25, -0.2) is 9.80 Å². The first-order valence-corrected chi connectivity index (χ1v) is 7.71. The minimum absolute atomic E-state index is 0.0206. The molecule has 0 radical (unpaired) electrons. The minimum Gasteiger partial charge on any atom is -0.495 e. The summed E-state index contributed by atoms with van der Waals surface area (Å²) in [6.07, 6.45) is 2.81. The molecule has 0 saturated carbocycles. The van der Waals surface area contributed by atoms with Crippen LogP contribution in [0.4, 0.5) is 17.1 Å². The number of nitro benzene ring substituents is 2. The number of nitro groups is 2. The molecule has 11 heteroatoms. The molecule has 1 aromatic carbocycles. The van der Waals surface area contributed by atoms with E-state index >= 15 is 0 Å². The van der Waals surface area contributed by atoms with E-state index in [0.29, 0.717) is 0 Å². The molecule has 2 aliphatic heterocycles. The third-order valence-corrected chi connectivity index (χ3v) is 3.94. The van der Waals surface area contributed by atoms with Gasteiger partial charge in [0.05, 0.1) is 28.8 Å². The molecular formula is C15H14N4O7. The maximum Gasteiger partial charge on any atom is 0.354 e. The number of rotatable bonds is 5. The van der Waals surface area contributed by atoms with E-state index in [-0.39, 0.29) is 24.4 Å². The molecule has 26 heavy (non-hydrogen) atoms. The second-order valence-corrected chi connectivity index (χ2v) is 5.50. The molecule has 0 aromatic heterocycles. The third-order valence-electron chi connectivity index (χ3n) is 3.94. The van der Waals surface area contributed by atoms with Crippen molar-refractivity contribution < 1.29 is 24.1 Å². The first-order valence-electron chi connectivity index (χ1n) is 7.71. The number of non-ortho nitro benzene ring substituents is 1. The number of hydrogen-bond acceptors (Lipinski definition) is 9. The van der Waals surface area contributed by atoms with Crippen LogP contribution in [0.5, 0.6) is 0 Å². The Balaban J connectivity index is 2.08. The first-order chi connectivity index (χ1) is 12.4. The van der Waals surface area contributed by atoms with Gasteiger partial charge in [-0.1, -0.05) is 0 Å². The van der Waals surface area contributed by atoms with E-state index in [1.807, 2.05) is 0 Å². The maximum atomic E-state index is 12.0. The van der Waals surface area contributed by atoms with Crippen molar-refractivity contribution in [1.82, 2.24) is 0 Å². The Labute approximate surface area is 146 Å². The monoisotopic (exact) mass is 362 g/mol. The highest BCUT2D eigenvalue weighted by Crippen LogP contribution is 2.37. The maximum absolute atomic E-state index is 12.0. The van der Waals surface area contributed by atoms with Crippen LogP contribution in [0.1, 0.15) is 13.3 Å². The predicted molar refractivity (Wildman–Crippen MR) is 88.7 cm³/mol. The SMILES string of the molecule is CCOC(=O)C1=NN(c2ccc([N+](=O)[O-])cc2[N+](=O)[O-])[C@@H]2C=CO[C@@H]2C1. The Morgan fingerprint density at radius 3 is 2.81 bits per heavy atom. The van der Waals surface area contributed by atoms with Crippen LogP contribution in [0.15, 0.2) is 35.6 Å². The van der Waals surface area contributed by atoms with E-state index in [2.05, 4.69) is 5.10 Å². The Morgan fingerprint density at radius 1 is 1.38 bits per heavy atom. The van der Waals surface area contributed by atoms with Crippen LogP contribution in [0.2, 0.25) is 0 Å². The Morgan fingerprint density at radius 2 is 2.15 bits per heavy atom. The normalized spacial score (nSPS) is 20.8. The number of esters is 1. The molecule has 0 N–H and O–H groups in total. The standard InChI is InChI=1S/C15H14N4O7/c1-2-25-15(20)10-8-14-12(5-6-26-14)17(16-10)11-4-3-9(18(21)22)7-13(11)19(23)24/h3-7,12,14H,2,8H2,1H3/t12-,14-/m1/s1. The summed E-state index contributed by atoms with van der Waals surface area (Å²) in [6, 6.07) is 2.76. The first kappa shape index (κ1) is 17.3. The molecule has 136 valence electrons. The van der Waals surface area contributed by atoms with Crippen LogP contribution in [-0.4, -0.2) is 40.3 Å². The highest BCUT2D eigenvalue weighted by atomic mass is 16.6. The van der Waals surface area contributed by atoms with Gasteiger partial charge in [0.1, 0.15) is 23.5 Å². The number of hydrazone groups is 1. The molecule has 0 bridgehead atoms. The van der Waals surface area contributed by atoms with Gasteiger partial charge in [-0.2, -0.15) is 5.10 Å². The zero-order valence-electron chi connectivity index (χ0n) is 13.6. The summed E-state index contributed by atoms with van der Waals surface area (Å²) in [4.78, 5) is 32.9. The fourth-order valence-electron chi connectivity index (χ4n) is 2.79. The molecule has 2 heterocycles. The molecular weight excluding hydrogens is 348 g/mol. The number of carbonyl (C=O) groups excluding carboxylic acids is 1. The van der Waals surface area contributed by atoms with Crippen molar-refractivity contribution in [3.8, 4) is 0 Å². The topological polar surface area (TPSA) is 137 Å². The fraction of sp³-hybridized carbons (Fsp3) is 0.333. The van der Waals surface area contributed by atoms with Crippen molar-refractivity contribution in [2.75, 3.05) is 11.6 Å². The number of hydrogen-bond donors (Lipinski definition) is 0. The van der Waals surface area contributed by atoms with Gasteiger partial charge >= 0.3 is 11.7 Å². The molecule has 0 fully saturated rings. The van der Waals surface area contributed by atoms with Gasteiger partial charge in [-0.3, -0.25) is 20.2 Å². The van der Waals surface area contributed by atoms with Crippen molar-refractivity contribution in [2.45, 2.75) is 25.5 Å². The van der Waals surface area contributed by atoms with E-state index in [4.69, 9.17) is 9.47 Å². The molecule has 2 atom stereocenters. The van der Waals surface area contributed by atoms with E-state index in [9.17, 15) is 25.0 Å². The summed E-state index contributed by atoms with van der Waals surface area (Å²) < 4.78 is 10.4. The Bertz CT molecular complexity index is 835. The van der Waals surface area contributed by atoms with Crippen LogP contribution in [-0.2, 0) is 14.3 Å². The van der Waals surface area contributed by atoms with E-state index in [1.54, 1.807) is 13.0 Å². The van der Waals surface area contributed by atoms with Crippen LogP contribution < -0.4 is 5.01 Å². The predicted octanol–water partition coefficient (Wildman–Crippen LogP) is 1.91. The number of ether oxygens (including phenoxy) is 2. The molecule has 1 aromatic rings. The largest absolute Gasteiger partial charge is 0.495 e. The molecule has 0 aliphatic carbocycles. The number of carbonyl (C=O) groups is 1. The summed E-state index contributed by atoms with van der Waals surface area (Å²) >= 11 is 0. The summed E-state index contributed by atoms with van der Waals surface area (Å²) in [5, 5.41) is 27.8. The highest BCUT2D eigenvalue weighted by Gasteiger charge is 2.40. The Hall–Kier alpha value is -3.50. The van der Waals surface area contributed by atoms with Gasteiger partial charge in [-0.15, -0.1) is 0 Å². The lowest BCUT2D eigenvalue weighted by atomic mass is 10.0. The van der Waals surface area contributed by atoms with Crippen molar-refractivity contribution in [3.63, 3.8) is 0 Å². The fourth-order valence-corrected chi connectivity index (χ4v) is 2.79. The van der Waals surface area contributed by atoms with Crippen molar-refractivity contribution in [1.29, 1.82) is 0 Å². The highest BCUT2D eigenvalue weighted by molar-refractivity contribution is 6.37.